The molecule has 0 amide bonds. The van der Waals surface area contributed by atoms with E-state index in [4.69, 9.17) is 9.47 Å². The number of para-hydroxylation sites is 1. The van der Waals surface area contributed by atoms with Gasteiger partial charge in [0.15, 0.2) is 0 Å². The molecule has 0 spiro atoms. The van der Waals surface area contributed by atoms with Crippen LogP contribution in [0.3, 0.4) is 0 Å². The quantitative estimate of drug-likeness (QED) is 0.818. The summed E-state index contributed by atoms with van der Waals surface area (Å²) in [5.74, 6) is 0.991. The molecule has 3 heteroatoms. The summed E-state index contributed by atoms with van der Waals surface area (Å²) in [6, 6.07) is 9.16. The molecule has 1 atom stereocenters. The summed E-state index contributed by atoms with van der Waals surface area (Å²) in [7, 11) is 0. The minimum absolute atomic E-state index is 0.315. The summed E-state index contributed by atoms with van der Waals surface area (Å²) in [5, 5.41) is 3.66. The maximum Gasteiger partial charge on any atom is 0.124 e. The Balaban J connectivity index is 1.88. The third kappa shape index (κ3) is 3.71. The number of ether oxygens (including phenoxy) is 2. The molecule has 1 unspecified atom stereocenters. The zero-order valence-corrected chi connectivity index (χ0v) is 12.2. The van der Waals surface area contributed by atoms with Crippen molar-refractivity contribution in [2.24, 2.45) is 0 Å². The Labute approximate surface area is 116 Å². The van der Waals surface area contributed by atoms with Gasteiger partial charge in [0.1, 0.15) is 5.75 Å². The average molecular weight is 263 g/mol. The van der Waals surface area contributed by atoms with Gasteiger partial charge < -0.3 is 14.8 Å². The molecule has 1 aromatic carbocycles. The SMILES string of the molecule is CCOc1ccccc1C(C)NC1CC(OCC)C1. The van der Waals surface area contributed by atoms with Gasteiger partial charge in [0.05, 0.1) is 12.7 Å². The summed E-state index contributed by atoms with van der Waals surface area (Å²) in [6.45, 7) is 7.81. The van der Waals surface area contributed by atoms with E-state index in [1.807, 2.05) is 19.1 Å². The van der Waals surface area contributed by atoms with Crippen molar-refractivity contribution in [2.45, 2.75) is 51.8 Å². The van der Waals surface area contributed by atoms with Gasteiger partial charge in [0.2, 0.25) is 0 Å². The van der Waals surface area contributed by atoms with Crippen LogP contribution in [0, 0.1) is 0 Å². The van der Waals surface area contributed by atoms with Gasteiger partial charge in [0, 0.05) is 24.3 Å². The molecule has 0 bridgehead atoms. The summed E-state index contributed by atoms with van der Waals surface area (Å²) < 4.78 is 11.3. The molecule has 0 aliphatic heterocycles. The van der Waals surface area contributed by atoms with E-state index in [1.54, 1.807) is 0 Å². The van der Waals surface area contributed by atoms with Crippen LogP contribution in [0.2, 0.25) is 0 Å². The fraction of sp³-hybridized carbons (Fsp3) is 0.625. The highest BCUT2D eigenvalue weighted by molar-refractivity contribution is 5.35. The second-order valence-electron chi connectivity index (χ2n) is 5.10. The first kappa shape index (κ1) is 14.4. The van der Waals surface area contributed by atoms with Crippen molar-refractivity contribution in [3.05, 3.63) is 29.8 Å². The predicted octanol–water partition coefficient (Wildman–Crippen LogP) is 3.30. The van der Waals surface area contributed by atoms with Gasteiger partial charge in [-0.05, 0) is 39.7 Å². The Morgan fingerprint density at radius 3 is 2.63 bits per heavy atom. The van der Waals surface area contributed by atoms with Crippen LogP contribution in [0.4, 0.5) is 0 Å². The zero-order chi connectivity index (χ0) is 13.7. The van der Waals surface area contributed by atoms with Crippen LogP contribution < -0.4 is 10.1 Å². The number of hydrogen-bond donors (Lipinski definition) is 1. The molecule has 0 aromatic heterocycles. The van der Waals surface area contributed by atoms with Crippen molar-refractivity contribution < 1.29 is 9.47 Å². The lowest BCUT2D eigenvalue weighted by molar-refractivity contribution is -0.0120. The van der Waals surface area contributed by atoms with Crippen molar-refractivity contribution in [1.29, 1.82) is 0 Å². The van der Waals surface area contributed by atoms with Crippen LogP contribution in [0.1, 0.15) is 45.2 Å². The Hall–Kier alpha value is -1.06. The van der Waals surface area contributed by atoms with Crippen molar-refractivity contribution in [1.82, 2.24) is 5.32 Å². The van der Waals surface area contributed by atoms with Crippen molar-refractivity contribution in [3.63, 3.8) is 0 Å². The Morgan fingerprint density at radius 1 is 1.21 bits per heavy atom. The first-order valence-corrected chi connectivity index (χ1v) is 7.34. The third-order valence-electron chi connectivity index (χ3n) is 3.67. The van der Waals surface area contributed by atoms with Crippen molar-refractivity contribution in [3.8, 4) is 5.75 Å². The second-order valence-corrected chi connectivity index (χ2v) is 5.10. The van der Waals surface area contributed by atoms with E-state index in [2.05, 4.69) is 31.3 Å². The van der Waals surface area contributed by atoms with E-state index in [9.17, 15) is 0 Å². The molecule has 0 heterocycles. The van der Waals surface area contributed by atoms with Crippen LogP contribution in [0.5, 0.6) is 5.75 Å². The van der Waals surface area contributed by atoms with Crippen LogP contribution in [0.15, 0.2) is 24.3 Å². The summed E-state index contributed by atoms with van der Waals surface area (Å²) in [5.41, 5.74) is 1.24. The molecule has 1 aliphatic rings. The van der Waals surface area contributed by atoms with Gasteiger partial charge in [-0.1, -0.05) is 18.2 Å². The second kappa shape index (κ2) is 6.92. The minimum Gasteiger partial charge on any atom is -0.494 e. The molecule has 1 saturated carbocycles. The molecule has 3 nitrogen and oxygen atoms in total. The lowest BCUT2D eigenvalue weighted by Gasteiger charge is -2.37. The van der Waals surface area contributed by atoms with Crippen LogP contribution in [0.25, 0.3) is 0 Å². The predicted molar refractivity (Wildman–Crippen MR) is 77.6 cm³/mol. The standard InChI is InChI=1S/C16H25NO2/c1-4-18-14-10-13(11-14)17-12(3)15-8-6-7-9-16(15)19-5-2/h6-9,12-14,17H,4-5,10-11H2,1-3H3. The van der Waals surface area contributed by atoms with Crippen LogP contribution >= 0.6 is 0 Å². The number of rotatable bonds is 7. The first-order chi connectivity index (χ1) is 9.24. The minimum atomic E-state index is 0.315. The number of benzene rings is 1. The Kier molecular flexibility index (Phi) is 5.23. The monoisotopic (exact) mass is 263 g/mol. The maximum absolute atomic E-state index is 5.69. The highest BCUT2D eigenvalue weighted by Crippen LogP contribution is 2.29. The molecule has 19 heavy (non-hydrogen) atoms. The van der Waals surface area contributed by atoms with Crippen LogP contribution in [-0.4, -0.2) is 25.4 Å². The van der Waals surface area contributed by atoms with Crippen molar-refractivity contribution in [2.75, 3.05) is 13.2 Å². The van der Waals surface area contributed by atoms with E-state index < -0.39 is 0 Å². The summed E-state index contributed by atoms with van der Waals surface area (Å²) in [6.07, 6.45) is 2.70. The van der Waals surface area contributed by atoms with E-state index in [1.165, 1.54) is 5.56 Å². The third-order valence-corrected chi connectivity index (χ3v) is 3.67. The van der Waals surface area contributed by atoms with Gasteiger partial charge in [-0.3, -0.25) is 0 Å². The summed E-state index contributed by atoms with van der Waals surface area (Å²) in [4.78, 5) is 0. The van der Waals surface area contributed by atoms with Gasteiger partial charge in [-0.2, -0.15) is 0 Å². The lowest BCUT2D eigenvalue weighted by atomic mass is 9.88. The summed E-state index contributed by atoms with van der Waals surface area (Å²) >= 11 is 0. The lowest BCUT2D eigenvalue weighted by Crippen LogP contribution is -2.46. The highest BCUT2D eigenvalue weighted by Gasteiger charge is 2.30. The maximum atomic E-state index is 5.69. The van der Waals surface area contributed by atoms with Crippen LogP contribution in [-0.2, 0) is 4.74 Å². The Bertz CT molecular complexity index is 388. The van der Waals surface area contributed by atoms with Gasteiger partial charge in [0.25, 0.3) is 0 Å². The fourth-order valence-corrected chi connectivity index (χ4v) is 2.64. The fourth-order valence-electron chi connectivity index (χ4n) is 2.64. The molecule has 1 N–H and O–H groups in total. The molecule has 2 rings (SSSR count). The normalized spacial score (nSPS) is 23.7. The smallest absolute Gasteiger partial charge is 0.124 e. The van der Waals surface area contributed by atoms with Crippen molar-refractivity contribution >= 4 is 0 Å². The molecular weight excluding hydrogens is 238 g/mol. The van der Waals surface area contributed by atoms with Gasteiger partial charge in [-0.25, -0.2) is 0 Å². The molecule has 0 saturated heterocycles. The molecule has 1 aliphatic carbocycles. The topological polar surface area (TPSA) is 30.5 Å². The van der Waals surface area contributed by atoms with E-state index in [0.29, 0.717) is 24.8 Å². The van der Waals surface area contributed by atoms with Gasteiger partial charge in [-0.15, -0.1) is 0 Å². The Morgan fingerprint density at radius 2 is 1.95 bits per heavy atom. The average Bonchev–Trinajstić information content (AvgIpc) is 2.37. The van der Waals surface area contributed by atoms with Gasteiger partial charge >= 0.3 is 0 Å². The number of nitrogens with one attached hydrogen (secondary N) is 1. The largest absolute Gasteiger partial charge is 0.494 e. The molecule has 106 valence electrons. The van der Waals surface area contributed by atoms with E-state index >= 15 is 0 Å². The van der Waals surface area contributed by atoms with E-state index in [0.717, 1.165) is 25.2 Å². The first-order valence-electron chi connectivity index (χ1n) is 7.34. The molecule has 0 radical (unpaired) electrons. The molecule has 1 fully saturated rings. The highest BCUT2D eigenvalue weighted by atomic mass is 16.5. The van der Waals surface area contributed by atoms with E-state index in [-0.39, 0.29) is 0 Å². The molecule has 1 aromatic rings. The number of hydrogen-bond acceptors (Lipinski definition) is 3. The zero-order valence-electron chi connectivity index (χ0n) is 12.2. The molecular formula is C16H25NO2.